The van der Waals surface area contributed by atoms with Crippen LogP contribution in [0.25, 0.3) is 0 Å². The molecule has 0 aromatic carbocycles. The predicted molar refractivity (Wildman–Crippen MR) is 31.6 cm³/mol. The summed E-state index contributed by atoms with van der Waals surface area (Å²) in [5.41, 5.74) is 5.17. The summed E-state index contributed by atoms with van der Waals surface area (Å²) in [6.07, 6.45) is 0.875. The first-order valence-electron chi connectivity index (χ1n) is 2.80. The molecule has 3 heteroatoms. The normalized spacial score (nSPS) is 9.75. The minimum absolute atomic E-state index is 0.102. The zero-order valence-corrected chi connectivity index (χ0v) is 4.97. The minimum atomic E-state index is 0.102. The summed E-state index contributed by atoms with van der Waals surface area (Å²) in [6.45, 7) is 1.85. The smallest absolute Gasteiger partial charge is 0.0697 e. The second-order valence-corrected chi connectivity index (χ2v) is 1.48. The van der Waals surface area contributed by atoms with E-state index >= 15 is 0 Å². The molecular weight excluding hydrogens is 106 g/mol. The van der Waals surface area contributed by atoms with E-state index in [2.05, 4.69) is 0 Å². The molecule has 0 amide bonds. The maximum absolute atomic E-state index is 8.21. The van der Waals surface area contributed by atoms with Crippen molar-refractivity contribution in [1.29, 1.82) is 0 Å². The van der Waals surface area contributed by atoms with Gasteiger partial charge in [0.05, 0.1) is 13.2 Å². The Bertz CT molecular complexity index is 35.4. The van der Waals surface area contributed by atoms with Gasteiger partial charge >= 0.3 is 0 Å². The van der Waals surface area contributed by atoms with Crippen LogP contribution in [0.2, 0.25) is 0 Å². The van der Waals surface area contributed by atoms with Gasteiger partial charge in [0, 0.05) is 6.61 Å². The van der Waals surface area contributed by atoms with Crippen molar-refractivity contribution in [3.63, 3.8) is 0 Å². The van der Waals surface area contributed by atoms with Crippen LogP contribution in [0.3, 0.4) is 0 Å². The molecule has 8 heavy (non-hydrogen) atoms. The van der Waals surface area contributed by atoms with E-state index in [0.29, 0.717) is 19.8 Å². The fourth-order valence-corrected chi connectivity index (χ4v) is 0.352. The molecule has 0 aliphatic rings. The van der Waals surface area contributed by atoms with Crippen LogP contribution in [-0.4, -0.2) is 31.5 Å². The highest BCUT2D eigenvalue weighted by molar-refractivity contribution is 4.34. The Morgan fingerprint density at radius 2 is 2.12 bits per heavy atom. The molecule has 0 heterocycles. The molecule has 0 aromatic rings. The number of hydrogen-bond acceptors (Lipinski definition) is 3. The van der Waals surface area contributed by atoms with Crippen molar-refractivity contribution in [2.45, 2.75) is 6.42 Å². The molecule has 3 nitrogen and oxygen atoms in total. The lowest BCUT2D eigenvalue weighted by atomic mass is 10.5. The third-order valence-corrected chi connectivity index (χ3v) is 0.728. The van der Waals surface area contributed by atoms with Crippen molar-refractivity contribution in [1.82, 2.24) is 0 Å². The number of ether oxygens (including phenoxy) is 1. The summed E-state index contributed by atoms with van der Waals surface area (Å²) in [5, 5.41) is 8.21. The van der Waals surface area contributed by atoms with E-state index in [0.717, 1.165) is 6.42 Å². The zero-order chi connectivity index (χ0) is 6.24. The summed E-state index contributed by atoms with van der Waals surface area (Å²) < 4.78 is 4.89. The molecule has 0 unspecified atom stereocenters. The van der Waals surface area contributed by atoms with Crippen molar-refractivity contribution in [3.8, 4) is 0 Å². The van der Waals surface area contributed by atoms with E-state index in [9.17, 15) is 0 Å². The van der Waals surface area contributed by atoms with Gasteiger partial charge in [-0.2, -0.15) is 0 Å². The third-order valence-electron chi connectivity index (χ3n) is 0.728. The monoisotopic (exact) mass is 119 g/mol. The molecule has 0 spiro atoms. The van der Waals surface area contributed by atoms with E-state index < -0.39 is 0 Å². The van der Waals surface area contributed by atoms with Gasteiger partial charge in [0.25, 0.3) is 0 Å². The molecule has 0 aromatic heterocycles. The van der Waals surface area contributed by atoms with E-state index in [1.807, 2.05) is 0 Å². The molecule has 0 bridgehead atoms. The Labute approximate surface area is 49.4 Å². The van der Waals surface area contributed by atoms with Crippen LogP contribution in [0.5, 0.6) is 0 Å². The zero-order valence-electron chi connectivity index (χ0n) is 4.97. The number of aliphatic hydroxyl groups is 1. The second kappa shape index (κ2) is 6.88. The van der Waals surface area contributed by atoms with Crippen molar-refractivity contribution in [2.75, 3.05) is 26.4 Å². The molecule has 0 saturated carbocycles. The van der Waals surface area contributed by atoms with E-state index in [-0.39, 0.29) is 6.61 Å². The fourth-order valence-electron chi connectivity index (χ4n) is 0.352. The van der Waals surface area contributed by atoms with Gasteiger partial charge in [0.1, 0.15) is 0 Å². The molecular formula is C5H13NO2. The highest BCUT2D eigenvalue weighted by Crippen LogP contribution is 1.76. The standard InChI is InChI=1S/C5H13NO2/c6-2-1-4-8-5-3-7/h7H,1-6H2. The Balaban J connectivity index is 2.53. The van der Waals surface area contributed by atoms with Crippen molar-refractivity contribution >= 4 is 0 Å². The van der Waals surface area contributed by atoms with Crippen LogP contribution in [0.4, 0.5) is 0 Å². The summed E-state index contributed by atoms with van der Waals surface area (Å²) in [6, 6.07) is 0. The topological polar surface area (TPSA) is 55.5 Å². The Morgan fingerprint density at radius 1 is 1.38 bits per heavy atom. The van der Waals surface area contributed by atoms with Gasteiger partial charge < -0.3 is 15.6 Å². The number of hydrogen-bond donors (Lipinski definition) is 2. The summed E-state index contributed by atoms with van der Waals surface area (Å²) >= 11 is 0. The maximum atomic E-state index is 8.21. The molecule has 0 radical (unpaired) electrons. The van der Waals surface area contributed by atoms with Gasteiger partial charge in [-0.1, -0.05) is 0 Å². The Kier molecular flexibility index (Phi) is 6.78. The van der Waals surface area contributed by atoms with Gasteiger partial charge in [-0.15, -0.1) is 0 Å². The first kappa shape index (κ1) is 7.88. The van der Waals surface area contributed by atoms with Crippen LogP contribution in [0.1, 0.15) is 6.42 Å². The number of rotatable bonds is 5. The van der Waals surface area contributed by atoms with E-state index in [1.54, 1.807) is 0 Å². The average molecular weight is 119 g/mol. The average Bonchev–Trinajstić information content (AvgIpc) is 1.81. The molecule has 0 rings (SSSR count). The second-order valence-electron chi connectivity index (χ2n) is 1.48. The van der Waals surface area contributed by atoms with E-state index in [4.69, 9.17) is 15.6 Å². The maximum Gasteiger partial charge on any atom is 0.0697 e. The van der Waals surface area contributed by atoms with Crippen LogP contribution in [-0.2, 0) is 4.74 Å². The summed E-state index contributed by atoms with van der Waals surface area (Å²) in [7, 11) is 0. The molecule has 0 aliphatic heterocycles. The minimum Gasteiger partial charge on any atom is -0.394 e. The van der Waals surface area contributed by atoms with E-state index in [1.165, 1.54) is 0 Å². The molecule has 0 fully saturated rings. The third kappa shape index (κ3) is 5.88. The van der Waals surface area contributed by atoms with Gasteiger partial charge in [-0.3, -0.25) is 0 Å². The lowest BCUT2D eigenvalue weighted by Crippen LogP contribution is -2.06. The Morgan fingerprint density at radius 3 is 2.62 bits per heavy atom. The summed E-state index contributed by atoms with van der Waals surface area (Å²) in [4.78, 5) is 0. The first-order chi connectivity index (χ1) is 3.91. The van der Waals surface area contributed by atoms with Crippen LogP contribution >= 0.6 is 0 Å². The molecule has 50 valence electrons. The van der Waals surface area contributed by atoms with Crippen LogP contribution < -0.4 is 5.73 Å². The van der Waals surface area contributed by atoms with Crippen LogP contribution in [0.15, 0.2) is 0 Å². The molecule has 0 saturated heterocycles. The molecule has 0 atom stereocenters. The SMILES string of the molecule is NCCCOCCO. The van der Waals surface area contributed by atoms with Gasteiger partial charge in [-0.05, 0) is 13.0 Å². The lowest BCUT2D eigenvalue weighted by molar-refractivity contribution is 0.0917. The molecule has 0 aliphatic carbocycles. The quantitative estimate of drug-likeness (QED) is 0.472. The first-order valence-corrected chi connectivity index (χ1v) is 2.80. The largest absolute Gasteiger partial charge is 0.394 e. The summed E-state index contributed by atoms with van der Waals surface area (Å²) in [5.74, 6) is 0. The van der Waals surface area contributed by atoms with Gasteiger partial charge in [0.15, 0.2) is 0 Å². The highest BCUT2D eigenvalue weighted by Gasteiger charge is 1.82. The predicted octanol–water partition coefficient (Wildman–Crippen LogP) is -0.656. The Hall–Kier alpha value is -0.120. The molecule has 3 N–H and O–H groups in total. The van der Waals surface area contributed by atoms with Gasteiger partial charge in [0.2, 0.25) is 0 Å². The number of nitrogens with two attached hydrogens (primary N) is 1. The van der Waals surface area contributed by atoms with Gasteiger partial charge in [-0.25, -0.2) is 0 Å². The van der Waals surface area contributed by atoms with Crippen molar-refractivity contribution < 1.29 is 9.84 Å². The van der Waals surface area contributed by atoms with Crippen LogP contribution in [0, 0.1) is 0 Å². The van der Waals surface area contributed by atoms with Crippen molar-refractivity contribution in [2.24, 2.45) is 5.73 Å². The fraction of sp³-hybridized carbons (Fsp3) is 1.00. The lowest BCUT2D eigenvalue weighted by Gasteiger charge is -1.97. The highest BCUT2D eigenvalue weighted by atomic mass is 16.5. The number of aliphatic hydroxyl groups excluding tert-OH is 1. The van der Waals surface area contributed by atoms with Crippen molar-refractivity contribution in [3.05, 3.63) is 0 Å².